The summed E-state index contributed by atoms with van der Waals surface area (Å²) in [7, 11) is 0. The maximum Gasteiger partial charge on any atom is 0.245 e. The average Bonchev–Trinajstić information content (AvgIpc) is 3.27. The molecule has 2 atom stereocenters. The molecule has 1 aromatic heterocycles. The number of aromatic nitrogens is 1. The molecule has 0 radical (unpaired) electrons. The number of hydrogen-bond acceptors (Lipinski definition) is 4. The number of aromatic amines is 1. The molecule has 1 saturated heterocycles. The first-order valence-corrected chi connectivity index (χ1v) is 12.5. The van der Waals surface area contributed by atoms with Gasteiger partial charge in [-0.1, -0.05) is 36.4 Å². The summed E-state index contributed by atoms with van der Waals surface area (Å²) in [5, 5.41) is 6.96. The van der Waals surface area contributed by atoms with Crippen LogP contribution in [0.15, 0.2) is 54.7 Å². The van der Waals surface area contributed by atoms with Gasteiger partial charge in [0.05, 0.1) is 11.0 Å². The van der Waals surface area contributed by atoms with E-state index in [1.807, 2.05) is 54.7 Å². The van der Waals surface area contributed by atoms with Crippen LogP contribution < -0.4 is 16.4 Å². The van der Waals surface area contributed by atoms with Crippen molar-refractivity contribution < 1.29 is 14.4 Å². The largest absolute Gasteiger partial charge is 0.361 e. The lowest BCUT2D eigenvalue weighted by Gasteiger charge is -2.30. The smallest absolute Gasteiger partial charge is 0.245 e. The van der Waals surface area contributed by atoms with Gasteiger partial charge in [0.25, 0.3) is 0 Å². The summed E-state index contributed by atoms with van der Waals surface area (Å²) in [5.41, 5.74) is 8.11. The van der Waals surface area contributed by atoms with Crippen molar-refractivity contribution in [2.45, 2.75) is 56.5 Å². The molecule has 0 unspecified atom stereocenters. The van der Waals surface area contributed by atoms with E-state index in [0.29, 0.717) is 38.8 Å². The molecule has 1 fully saturated rings. The fraction of sp³-hybridized carbons (Fsp3) is 0.393. The third-order valence-corrected chi connectivity index (χ3v) is 7.56. The molecule has 188 valence electrons. The number of para-hydroxylation sites is 2. The number of H-pyrrole nitrogens is 1. The second-order valence-corrected chi connectivity index (χ2v) is 10.6. The van der Waals surface area contributed by atoms with Crippen LogP contribution in [0.3, 0.4) is 0 Å². The summed E-state index contributed by atoms with van der Waals surface area (Å²) in [6.45, 7) is 4.22. The van der Waals surface area contributed by atoms with Crippen LogP contribution >= 0.6 is 0 Å². The number of likely N-dealkylation sites (tertiary alicyclic amines) is 1. The fourth-order valence-corrected chi connectivity index (χ4v) is 5.51. The van der Waals surface area contributed by atoms with E-state index in [4.69, 9.17) is 5.73 Å². The lowest BCUT2D eigenvalue weighted by Crippen LogP contribution is -2.57. The predicted molar refractivity (Wildman–Crippen MR) is 139 cm³/mol. The zero-order valence-corrected chi connectivity index (χ0v) is 20.8. The van der Waals surface area contributed by atoms with Crippen molar-refractivity contribution in [1.82, 2.24) is 15.2 Å². The summed E-state index contributed by atoms with van der Waals surface area (Å²) in [4.78, 5) is 44.8. The van der Waals surface area contributed by atoms with Gasteiger partial charge in [-0.15, -0.1) is 0 Å². The normalized spacial score (nSPS) is 20.6. The fourth-order valence-electron chi connectivity index (χ4n) is 5.51. The van der Waals surface area contributed by atoms with Crippen molar-refractivity contribution in [3.63, 3.8) is 0 Å². The molecule has 2 aliphatic heterocycles. The van der Waals surface area contributed by atoms with Crippen LogP contribution in [0.5, 0.6) is 0 Å². The summed E-state index contributed by atoms with van der Waals surface area (Å²) in [5.74, 6) is -0.524. The number of hydrogen-bond donors (Lipinski definition) is 4. The van der Waals surface area contributed by atoms with Crippen LogP contribution in [-0.2, 0) is 26.2 Å². The standard InChI is InChI=1S/C28H33N5O3/c1-27(2,29)25(35)32-23(16-18-17-30-21-10-5-3-8-19(18)21)24(34)33-14-7-12-28(13-15-33)20-9-4-6-11-22(20)31-26(28)36/h3-6,8-11,17,23,30H,7,12-16,29H2,1-2H3,(H,31,36)(H,32,35)/t23-,28+/m0/s1. The van der Waals surface area contributed by atoms with Crippen LogP contribution in [0.4, 0.5) is 5.69 Å². The Bertz CT molecular complexity index is 1320. The molecule has 3 heterocycles. The van der Waals surface area contributed by atoms with E-state index in [2.05, 4.69) is 15.6 Å². The Balaban J connectivity index is 1.39. The van der Waals surface area contributed by atoms with E-state index in [0.717, 1.165) is 27.7 Å². The third kappa shape index (κ3) is 4.26. The Morgan fingerprint density at radius 1 is 1.11 bits per heavy atom. The molecule has 0 bridgehead atoms. The van der Waals surface area contributed by atoms with Gasteiger partial charge in [0.15, 0.2) is 0 Å². The quantitative estimate of drug-likeness (QED) is 0.442. The highest BCUT2D eigenvalue weighted by atomic mass is 16.2. The van der Waals surface area contributed by atoms with Crippen molar-refractivity contribution in [3.05, 3.63) is 65.9 Å². The van der Waals surface area contributed by atoms with E-state index in [-0.39, 0.29) is 17.7 Å². The van der Waals surface area contributed by atoms with Crippen molar-refractivity contribution in [3.8, 4) is 0 Å². The van der Waals surface area contributed by atoms with Gasteiger partial charge in [0.2, 0.25) is 17.7 Å². The Kier molecular flexibility index (Phi) is 6.08. The highest BCUT2D eigenvalue weighted by Gasteiger charge is 2.47. The Morgan fingerprint density at radius 2 is 1.86 bits per heavy atom. The molecule has 0 saturated carbocycles. The summed E-state index contributed by atoms with van der Waals surface area (Å²) < 4.78 is 0. The van der Waals surface area contributed by atoms with Gasteiger partial charge in [0.1, 0.15) is 6.04 Å². The molecule has 36 heavy (non-hydrogen) atoms. The Morgan fingerprint density at radius 3 is 2.67 bits per heavy atom. The van der Waals surface area contributed by atoms with Crippen LogP contribution in [0.25, 0.3) is 10.9 Å². The molecular weight excluding hydrogens is 454 g/mol. The number of carbonyl (C=O) groups excluding carboxylic acids is 3. The number of fused-ring (bicyclic) bond motifs is 3. The zero-order valence-electron chi connectivity index (χ0n) is 20.8. The van der Waals surface area contributed by atoms with Gasteiger partial charge < -0.3 is 26.3 Å². The molecule has 8 nitrogen and oxygen atoms in total. The number of nitrogens with zero attached hydrogens (tertiary/aromatic N) is 1. The molecule has 0 aliphatic carbocycles. The minimum atomic E-state index is -1.12. The molecule has 3 aromatic rings. The van der Waals surface area contributed by atoms with Gasteiger partial charge in [-0.25, -0.2) is 0 Å². The summed E-state index contributed by atoms with van der Waals surface area (Å²) in [6, 6.07) is 14.9. The highest BCUT2D eigenvalue weighted by Crippen LogP contribution is 2.44. The molecule has 8 heteroatoms. The lowest BCUT2D eigenvalue weighted by atomic mass is 9.75. The predicted octanol–water partition coefficient (Wildman–Crippen LogP) is 2.84. The van der Waals surface area contributed by atoms with Crippen molar-refractivity contribution >= 4 is 34.3 Å². The minimum absolute atomic E-state index is 0.00604. The van der Waals surface area contributed by atoms with E-state index >= 15 is 0 Å². The van der Waals surface area contributed by atoms with E-state index in [9.17, 15) is 14.4 Å². The molecule has 3 amide bonds. The lowest BCUT2D eigenvalue weighted by molar-refractivity contribution is -0.137. The molecule has 2 aromatic carbocycles. The number of nitrogens with two attached hydrogens (primary N) is 1. The van der Waals surface area contributed by atoms with Gasteiger partial charge in [-0.3, -0.25) is 14.4 Å². The van der Waals surface area contributed by atoms with Gasteiger partial charge in [0, 0.05) is 42.3 Å². The number of benzene rings is 2. The van der Waals surface area contributed by atoms with E-state index < -0.39 is 17.0 Å². The zero-order chi connectivity index (χ0) is 25.5. The van der Waals surface area contributed by atoms with Crippen molar-refractivity contribution in [2.24, 2.45) is 5.73 Å². The van der Waals surface area contributed by atoms with Crippen molar-refractivity contribution in [2.75, 3.05) is 18.4 Å². The second kappa shape index (κ2) is 9.09. The molecular formula is C28H33N5O3. The van der Waals surface area contributed by atoms with Gasteiger partial charge in [-0.2, -0.15) is 0 Å². The third-order valence-electron chi connectivity index (χ3n) is 7.56. The molecule has 5 rings (SSSR count). The van der Waals surface area contributed by atoms with Crippen LogP contribution in [0, 0.1) is 0 Å². The number of amides is 3. The number of carbonyl (C=O) groups is 3. The number of rotatable bonds is 5. The van der Waals surface area contributed by atoms with Gasteiger partial charge >= 0.3 is 0 Å². The summed E-state index contributed by atoms with van der Waals surface area (Å²) in [6.07, 6.45) is 4.15. The monoisotopic (exact) mass is 487 g/mol. The molecule has 2 aliphatic rings. The first-order chi connectivity index (χ1) is 17.2. The number of anilines is 1. The topological polar surface area (TPSA) is 120 Å². The Hall–Kier alpha value is -3.65. The summed E-state index contributed by atoms with van der Waals surface area (Å²) >= 11 is 0. The molecule has 5 N–H and O–H groups in total. The second-order valence-electron chi connectivity index (χ2n) is 10.6. The van der Waals surface area contributed by atoms with Crippen molar-refractivity contribution in [1.29, 1.82) is 0 Å². The Labute approximate surface area is 210 Å². The van der Waals surface area contributed by atoms with Gasteiger partial charge in [-0.05, 0) is 56.4 Å². The SMILES string of the molecule is CC(C)(N)C(=O)N[C@@H](Cc1c[nH]c2ccccc12)C(=O)N1CCC[C@]2(CC1)C(=O)Nc1ccccc12. The highest BCUT2D eigenvalue weighted by molar-refractivity contribution is 6.06. The van der Waals surface area contributed by atoms with Crippen LogP contribution in [0.1, 0.15) is 44.2 Å². The first-order valence-electron chi connectivity index (χ1n) is 12.5. The maximum atomic E-state index is 13.9. The van der Waals surface area contributed by atoms with Crippen LogP contribution in [0.2, 0.25) is 0 Å². The average molecular weight is 488 g/mol. The maximum absolute atomic E-state index is 13.9. The molecule has 1 spiro atoms. The van der Waals surface area contributed by atoms with E-state index in [1.54, 1.807) is 18.7 Å². The first kappa shape index (κ1) is 24.1. The minimum Gasteiger partial charge on any atom is -0.361 e. The number of nitrogens with one attached hydrogen (secondary N) is 3. The van der Waals surface area contributed by atoms with Crippen LogP contribution in [-0.4, -0.2) is 52.3 Å². The van der Waals surface area contributed by atoms with E-state index in [1.165, 1.54) is 0 Å².